The quantitative estimate of drug-likeness (QED) is 0.821. The summed E-state index contributed by atoms with van der Waals surface area (Å²) in [6.45, 7) is 9.44. The maximum Gasteiger partial charge on any atom is 0.151 e. The van der Waals surface area contributed by atoms with Gasteiger partial charge in [0.1, 0.15) is 11.3 Å². The van der Waals surface area contributed by atoms with Crippen molar-refractivity contribution in [2.75, 3.05) is 17.7 Å². The van der Waals surface area contributed by atoms with Gasteiger partial charge in [0.05, 0.1) is 5.52 Å². The average molecular weight is 289 g/mol. The van der Waals surface area contributed by atoms with E-state index in [-0.39, 0.29) is 0 Å². The van der Waals surface area contributed by atoms with Crippen molar-refractivity contribution in [3.63, 3.8) is 0 Å². The highest BCUT2D eigenvalue weighted by molar-refractivity contribution is 5.88. The van der Waals surface area contributed by atoms with Crippen molar-refractivity contribution in [2.45, 2.75) is 59.8 Å². The van der Waals surface area contributed by atoms with E-state index in [1.165, 1.54) is 5.56 Å². The number of nitrogens with zero attached hydrogens (tertiary/aromatic N) is 3. The summed E-state index contributed by atoms with van der Waals surface area (Å²) in [5.41, 5.74) is 13.8. The fourth-order valence-corrected chi connectivity index (χ4v) is 2.72. The molecule has 0 unspecified atom stereocenters. The van der Waals surface area contributed by atoms with Crippen LogP contribution >= 0.6 is 0 Å². The molecular formula is C16H27N5. The van der Waals surface area contributed by atoms with Crippen LogP contribution in [0.25, 0.3) is 11.0 Å². The summed E-state index contributed by atoms with van der Waals surface area (Å²) in [5.74, 6) is 1.59. The van der Waals surface area contributed by atoms with Crippen LogP contribution in [0.3, 0.4) is 0 Å². The highest BCUT2D eigenvalue weighted by Gasteiger charge is 2.18. The lowest BCUT2D eigenvalue weighted by molar-refractivity contribution is 0.755. The molecule has 0 amide bonds. The van der Waals surface area contributed by atoms with Gasteiger partial charge in [-0.2, -0.15) is 0 Å². The van der Waals surface area contributed by atoms with Crippen LogP contribution < -0.4 is 11.2 Å². The lowest BCUT2D eigenvalue weighted by atomic mass is 10.1. The number of fused-ring (bicyclic) bond motifs is 1. The minimum atomic E-state index is 0.552. The van der Waals surface area contributed by atoms with Crippen molar-refractivity contribution in [1.29, 1.82) is 0 Å². The van der Waals surface area contributed by atoms with Crippen molar-refractivity contribution in [3.05, 3.63) is 17.1 Å². The van der Waals surface area contributed by atoms with Gasteiger partial charge < -0.3 is 11.2 Å². The zero-order chi connectivity index (χ0) is 15.4. The molecule has 0 spiro atoms. The molecule has 0 atom stereocenters. The van der Waals surface area contributed by atoms with Crippen LogP contribution in [0.4, 0.5) is 5.82 Å². The van der Waals surface area contributed by atoms with Crippen LogP contribution in [0.5, 0.6) is 0 Å². The van der Waals surface area contributed by atoms with Crippen molar-refractivity contribution >= 4 is 16.9 Å². The van der Waals surface area contributed by atoms with E-state index in [0.717, 1.165) is 61.2 Å². The average Bonchev–Trinajstić information content (AvgIpc) is 2.82. The standard InChI is InChI=1S/C16H27N5/c1-5-8-10-12-11(4)15-14(16(17)19-12)20-13(9-6-2)21(15)18-7-3/h18H,5-10H2,1-4H3,(H2,17,19). The zero-order valence-corrected chi connectivity index (χ0v) is 13.7. The summed E-state index contributed by atoms with van der Waals surface area (Å²) in [7, 11) is 0. The lowest BCUT2D eigenvalue weighted by Gasteiger charge is -2.13. The zero-order valence-electron chi connectivity index (χ0n) is 13.7. The highest BCUT2D eigenvalue weighted by atomic mass is 15.4. The van der Waals surface area contributed by atoms with E-state index in [4.69, 9.17) is 10.7 Å². The number of rotatable bonds is 7. The first-order valence-electron chi connectivity index (χ1n) is 8.04. The summed E-state index contributed by atoms with van der Waals surface area (Å²) < 4.78 is 2.11. The van der Waals surface area contributed by atoms with E-state index in [1.807, 2.05) is 0 Å². The van der Waals surface area contributed by atoms with Gasteiger partial charge >= 0.3 is 0 Å². The highest BCUT2D eigenvalue weighted by Crippen LogP contribution is 2.26. The normalized spacial score (nSPS) is 11.2. The molecule has 0 aliphatic rings. The van der Waals surface area contributed by atoms with Crippen LogP contribution in [0.2, 0.25) is 0 Å². The van der Waals surface area contributed by atoms with Crippen LogP contribution in [-0.2, 0) is 12.8 Å². The molecule has 0 aromatic carbocycles. The van der Waals surface area contributed by atoms with Crippen molar-refractivity contribution < 1.29 is 0 Å². The van der Waals surface area contributed by atoms with Gasteiger partial charge in [0.2, 0.25) is 0 Å². The molecule has 0 saturated carbocycles. The Morgan fingerprint density at radius 2 is 1.86 bits per heavy atom. The topological polar surface area (TPSA) is 68.8 Å². The fourth-order valence-electron chi connectivity index (χ4n) is 2.72. The molecule has 0 fully saturated rings. The number of pyridine rings is 1. The Hall–Kier alpha value is -1.78. The second kappa shape index (κ2) is 6.78. The second-order valence-corrected chi connectivity index (χ2v) is 5.49. The van der Waals surface area contributed by atoms with E-state index in [2.05, 4.69) is 42.8 Å². The molecule has 0 aliphatic heterocycles. The number of nitrogens with one attached hydrogen (secondary N) is 1. The van der Waals surface area contributed by atoms with Gasteiger partial charge in [-0.25, -0.2) is 14.6 Å². The smallest absolute Gasteiger partial charge is 0.151 e. The molecular weight excluding hydrogens is 262 g/mol. The first-order chi connectivity index (χ1) is 10.1. The van der Waals surface area contributed by atoms with Crippen molar-refractivity contribution in [3.8, 4) is 0 Å². The van der Waals surface area contributed by atoms with Gasteiger partial charge in [-0.15, -0.1) is 0 Å². The number of hydrogen-bond donors (Lipinski definition) is 2. The molecule has 2 aromatic heterocycles. The summed E-state index contributed by atoms with van der Waals surface area (Å²) in [5, 5.41) is 0. The molecule has 0 saturated heterocycles. The Morgan fingerprint density at radius 3 is 2.48 bits per heavy atom. The Kier molecular flexibility index (Phi) is 5.04. The van der Waals surface area contributed by atoms with Gasteiger partial charge in [0.15, 0.2) is 5.82 Å². The van der Waals surface area contributed by atoms with E-state index in [0.29, 0.717) is 5.82 Å². The molecule has 5 heteroatoms. The molecule has 116 valence electrons. The number of nitrogens with two attached hydrogens (primary N) is 1. The largest absolute Gasteiger partial charge is 0.382 e. The molecule has 2 rings (SSSR count). The maximum atomic E-state index is 6.16. The van der Waals surface area contributed by atoms with E-state index < -0.39 is 0 Å². The molecule has 2 aromatic rings. The minimum absolute atomic E-state index is 0.552. The predicted molar refractivity (Wildman–Crippen MR) is 89.2 cm³/mol. The molecule has 2 heterocycles. The Labute approximate surface area is 126 Å². The van der Waals surface area contributed by atoms with Gasteiger partial charge in [-0.05, 0) is 38.7 Å². The minimum Gasteiger partial charge on any atom is -0.382 e. The van der Waals surface area contributed by atoms with E-state index >= 15 is 0 Å². The summed E-state index contributed by atoms with van der Waals surface area (Å²) >= 11 is 0. The van der Waals surface area contributed by atoms with E-state index in [1.54, 1.807) is 0 Å². The number of imidazole rings is 1. The van der Waals surface area contributed by atoms with Crippen LogP contribution in [0, 0.1) is 6.92 Å². The van der Waals surface area contributed by atoms with Crippen LogP contribution in [-0.4, -0.2) is 21.2 Å². The Morgan fingerprint density at radius 1 is 1.10 bits per heavy atom. The molecule has 0 radical (unpaired) electrons. The summed E-state index contributed by atoms with van der Waals surface area (Å²) in [6, 6.07) is 0. The predicted octanol–water partition coefficient (Wildman–Crippen LogP) is 3.18. The SMILES string of the molecule is CCCCc1nc(N)c2nc(CCC)n(NCC)c2c1C. The molecule has 0 bridgehead atoms. The van der Waals surface area contributed by atoms with Gasteiger partial charge in [-0.3, -0.25) is 0 Å². The van der Waals surface area contributed by atoms with Crippen molar-refractivity contribution in [1.82, 2.24) is 14.6 Å². The third kappa shape index (κ3) is 2.96. The van der Waals surface area contributed by atoms with E-state index in [9.17, 15) is 0 Å². The fraction of sp³-hybridized carbons (Fsp3) is 0.625. The molecule has 0 aliphatic carbocycles. The van der Waals surface area contributed by atoms with Crippen molar-refractivity contribution in [2.24, 2.45) is 0 Å². The number of aryl methyl sites for hydroxylation is 3. The Bertz CT molecular complexity index is 615. The number of aromatic nitrogens is 3. The first-order valence-corrected chi connectivity index (χ1v) is 8.04. The third-order valence-corrected chi connectivity index (χ3v) is 3.79. The van der Waals surface area contributed by atoms with Gasteiger partial charge in [-0.1, -0.05) is 20.3 Å². The Balaban J connectivity index is 2.63. The molecule has 3 N–H and O–H groups in total. The molecule has 5 nitrogen and oxygen atoms in total. The second-order valence-electron chi connectivity index (χ2n) is 5.49. The maximum absolute atomic E-state index is 6.16. The van der Waals surface area contributed by atoms with Gasteiger partial charge in [0.25, 0.3) is 0 Å². The summed E-state index contributed by atoms with van der Waals surface area (Å²) in [4.78, 5) is 9.30. The first kappa shape index (κ1) is 15.6. The van der Waals surface area contributed by atoms with Crippen LogP contribution in [0.15, 0.2) is 0 Å². The number of nitrogen functional groups attached to an aromatic ring is 1. The summed E-state index contributed by atoms with van der Waals surface area (Å²) in [6.07, 6.45) is 5.26. The van der Waals surface area contributed by atoms with Gasteiger partial charge in [0, 0.05) is 18.7 Å². The molecule has 21 heavy (non-hydrogen) atoms. The lowest BCUT2D eigenvalue weighted by Crippen LogP contribution is -2.18. The van der Waals surface area contributed by atoms with Crippen LogP contribution in [0.1, 0.15) is 57.1 Å². The number of hydrogen-bond acceptors (Lipinski definition) is 4. The third-order valence-electron chi connectivity index (χ3n) is 3.79. The number of unbranched alkanes of at least 4 members (excludes halogenated alkanes) is 1. The number of anilines is 1. The monoisotopic (exact) mass is 289 g/mol.